The summed E-state index contributed by atoms with van der Waals surface area (Å²) < 4.78 is 5.44. The van der Waals surface area contributed by atoms with Crippen molar-refractivity contribution in [3.8, 4) is 11.5 Å². The van der Waals surface area contributed by atoms with Gasteiger partial charge in [0.1, 0.15) is 29.2 Å². The zero-order valence-electron chi connectivity index (χ0n) is 24.3. The molecule has 2 atom stereocenters. The highest BCUT2D eigenvalue weighted by molar-refractivity contribution is 5.99. The van der Waals surface area contributed by atoms with Crippen LogP contribution in [0.15, 0.2) is 72.8 Å². The predicted octanol–water partition coefficient (Wildman–Crippen LogP) is 5.46. The second-order valence-electron chi connectivity index (χ2n) is 11.2. The molecule has 0 fully saturated rings. The first kappa shape index (κ1) is 31.0. The van der Waals surface area contributed by atoms with Gasteiger partial charge in [-0.25, -0.2) is 4.79 Å². The highest BCUT2D eigenvalue weighted by Crippen LogP contribution is 2.29. The Labute approximate surface area is 241 Å². The zero-order chi connectivity index (χ0) is 30.3. The van der Waals surface area contributed by atoms with E-state index >= 15 is 0 Å². The molecule has 0 radical (unpaired) electrons. The second kappa shape index (κ2) is 13.2. The number of para-hydroxylation sites is 1. The van der Waals surface area contributed by atoms with E-state index in [0.717, 1.165) is 5.56 Å². The largest absolute Gasteiger partial charge is 0.508 e. The van der Waals surface area contributed by atoms with E-state index in [0.29, 0.717) is 16.8 Å². The molecule has 0 bridgehead atoms. The number of amides is 3. The number of hydrogen-bond acceptors (Lipinski definition) is 6. The topological polar surface area (TPSA) is 128 Å². The molecule has 0 saturated carbocycles. The van der Waals surface area contributed by atoms with Crippen molar-refractivity contribution in [2.24, 2.45) is 0 Å². The third kappa shape index (κ3) is 8.73. The van der Waals surface area contributed by atoms with Gasteiger partial charge in [-0.3, -0.25) is 9.59 Å². The molecular weight excluding hydrogens is 522 g/mol. The summed E-state index contributed by atoms with van der Waals surface area (Å²) in [5.74, 6) is -0.989. The minimum Gasteiger partial charge on any atom is -0.508 e. The molecule has 0 saturated heterocycles. The Balaban J connectivity index is 2.06. The van der Waals surface area contributed by atoms with E-state index in [9.17, 15) is 24.6 Å². The lowest BCUT2D eigenvalue weighted by molar-refractivity contribution is -0.142. The van der Waals surface area contributed by atoms with Crippen LogP contribution in [0.4, 0.5) is 10.5 Å². The first-order valence-corrected chi connectivity index (χ1v) is 13.5. The zero-order valence-corrected chi connectivity index (χ0v) is 24.3. The lowest BCUT2D eigenvalue weighted by atomic mass is 9.98. The van der Waals surface area contributed by atoms with Crippen LogP contribution in [0.1, 0.15) is 57.4 Å². The number of anilines is 1. The molecule has 3 rings (SSSR count). The van der Waals surface area contributed by atoms with Gasteiger partial charge in [-0.1, -0.05) is 42.5 Å². The lowest BCUT2D eigenvalue weighted by Crippen LogP contribution is -2.55. The van der Waals surface area contributed by atoms with Gasteiger partial charge in [-0.15, -0.1) is 0 Å². The number of alkyl carbamates (subject to hydrolysis) is 1. The van der Waals surface area contributed by atoms with E-state index < -0.39 is 41.6 Å². The SMILES string of the molecule is Cc1ccccc1NC(=O)C(c1cccc(O)c1)N(C(=O)C(Cc1ccc(O)cc1)NC(=O)OC(C)(C)C)C(C)C. The van der Waals surface area contributed by atoms with Crippen LogP contribution in [0, 0.1) is 6.92 Å². The number of nitrogens with zero attached hydrogens (tertiary/aromatic N) is 1. The predicted molar refractivity (Wildman–Crippen MR) is 158 cm³/mol. The van der Waals surface area contributed by atoms with Crippen molar-refractivity contribution in [3.05, 3.63) is 89.5 Å². The summed E-state index contributed by atoms with van der Waals surface area (Å²) in [4.78, 5) is 42.5. The minimum atomic E-state index is -1.14. The van der Waals surface area contributed by atoms with E-state index in [1.54, 1.807) is 71.0 Å². The van der Waals surface area contributed by atoms with Crippen molar-refractivity contribution in [1.82, 2.24) is 10.2 Å². The number of nitrogens with one attached hydrogen (secondary N) is 2. The van der Waals surface area contributed by atoms with E-state index in [4.69, 9.17) is 4.74 Å². The molecule has 0 aliphatic heterocycles. The standard InChI is InChI=1S/C32H39N3O6/c1-20(2)35(28(23-11-9-12-25(37)19-23)29(38)33-26-13-8-7-10-21(26)3)30(39)27(34-31(40)41-32(4,5)6)18-22-14-16-24(36)17-15-22/h7-17,19-20,27-28,36-37H,18H2,1-6H3,(H,33,38)(H,34,40). The van der Waals surface area contributed by atoms with Crippen LogP contribution >= 0.6 is 0 Å². The number of rotatable bonds is 9. The molecule has 3 aromatic rings. The fourth-order valence-corrected chi connectivity index (χ4v) is 4.42. The quantitative estimate of drug-likeness (QED) is 0.275. The third-order valence-electron chi connectivity index (χ3n) is 6.29. The summed E-state index contributed by atoms with van der Waals surface area (Å²) in [6, 6.07) is 17.1. The van der Waals surface area contributed by atoms with Gasteiger partial charge < -0.3 is 30.5 Å². The van der Waals surface area contributed by atoms with Crippen LogP contribution in [-0.4, -0.2) is 50.7 Å². The second-order valence-corrected chi connectivity index (χ2v) is 11.2. The van der Waals surface area contributed by atoms with Gasteiger partial charge in [-0.2, -0.15) is 0 Å². The van der Waals surface area contributed by atoms with Gasteiger partial charge in [0, 0.05) is 18.2 Å². The maximum absolute atomic E-state index is 14.3. The molecule has 9 nitrogen and oxygen atoms in total. The number of aromatic hydroxyl groups is 2. The molecule has 0 aromatic heterocycles. The van der Waals surface area contributed by atoms with Gasteiger partial charge >= 0.3 is 6.09 Å². The molecule has 4 N–H and O–H groups in total. The van der Waals surface area contributed by atoms with Gasteiger partial charge in [0.25, 0.3) is 5.91 Å². The monoisotopic (exact) mass is 561 g/mol. The fourth-order valence-electron chi connectivity index (χ4n) is 4.42. The van der Waals surface area contributed by atoms with Crippen LogP contribution in [-0.2, 0) is 20.7 Å². The van der Waals surface area contributed by atoms with E-state index in [2.05, 4.69) is 10.6 Å². The van der Waals surface area contributed by atoms with Crippen LogP contribution in [0.2, 0.25) is 0 Å². The highest BCUT2D eigenvalue weighted by atomic mass is 16.6. The van der Waals surface area contributed by atoms with Crippen molar-refractivity contribution in [2.75, 3.05) is 5.32 Å². The Bertz CT molecular complexity index is 1360. The van der Waals surface area contributed by atoms with Crippen LogP contribution in [0.5, 0.6) is 11.5 Å². The fraction of sp³-hybridized carbons (Fsp3) is 0.344. The summed E-state index contributed by atoms with van der Waals surface area (Å²) in [5.41, 5.74) is 1.71. The van der Waals surface area contributed by atoms with Gasteiger partial charge in [0.15, 0.2) is 0 Å². The van der Waals surface area contributed by atoms with Crippen molar-refractivity contribution in [1.29, 1.82) is 0 Å². The van der Waals surface area contributed by atoms with E-state index in [1.165, 1.54) is 29.2 Å². The van der Waals surface area contributed by atoms with Crippen LogP contribution < -0.4 is 10.6 Å². The Kier molecular flexibility index (Phi) is 9.99. The average Bonchev–Trinajstić information content (AvgIpc) is 2.87. The number of benzene rings is 3. The molecule has 0 aliphatic carbocycles. The van der Waals surface area contributed by atoms with Crippen molar-refractivity contribution in [2.45, 2.75) is 71.7 Å². The van der Waals surface area contributed by atoms with Crippen molar-refractivity contribution >= 4 is 23.6 Å². The highest BCUT2D eigenvalue weighted by Gasteiger charge is 2.38. The molecule has 41 heavy (non-hydrogen) atoms. The normalized spacial score (nSPS) is 12.8. The number of ether oxygens (including phenoxy) is 1. The Morgan fingerprint density at radius 2 is 1.56 bits per heavy atom. The van der Waals surface area contributed by atoms with Gasteiger partial charge in [0.2, 0.25) is 5.91 Å². The van der Waals surface area contributed by atoms with Gasteiger partial charge in [-0.05, 0) is 88.6 Å². The average molecular weight is 562 g/mol. The summed E-state index contributed by atoms with van der Waals surface area (Å²) in [7, 11) is 0. The minimum absolute atomic E-state index is 0.0557. The smallest absolute Gasteiger partial charge is 0.408 e. The molecule has 0 heterocycles. The van der Waals surface area contributed by atoms with E-state index in [-0.39, 0.29) is 17.9 Å². The van der Waals surface area contributed by atoms with Crippen molar-refractivity contribution in [3.63, 3.8) is 0 Å². The first-order valence-electron chi connectivity index (χ1n) is 13.5. The van der Waals surface area contributed by atoms with Crippen LogP contribution in [0.25, 0.3) is 0 Å². The maximum atomic E-state index is 14.3. The number of aryl methyl sites for hydroxylation is 1. The third-order valence-corrected chi connectivity index (χ3v) is 6.29. The molecular formula is C32H39N3O6. The molecule has 2 unspecified atom stereocenters. The molecule has 218 valence electrons. The molecule has 0 spiro atoms. The number of hydrogen-bond donors (Lipinski definition) is 4. The number of carbonyl (C=O) groups is 3. The molecule has 3 amide bonds. The molecule has 0 aliphatic rings. The number of phenols is 2. The van der Waals surface area contributed by atoms with Crippen LogP contribution in [0.3, 0.4) is 0 Å². The maximum Gasteiger partial charge on any atom is 0.408 e. The summed E-state index contributed by atoms with van der Waals surface area (Å²) in [6.45, 7) is 10.6. The van der Waals surface area contributed by atoms with Crippen molar-refractivity contribution < 1.29 is 29.3 Å². The molecule has 9 heteroatoms. The number of phenolic OH excluding ortho intramolecular Hbond substituents is 2. The summed E-state index contributed by atoms with van der Waals surface area (Å²) >= 11 is 0. The first-order chi connectivity index (χ1) is 19.2. The van der Waals surface area contributed by atoms with Gasteiger partial charge in [0.05, 0.1) is 0 Å². The lowest BCUT2D eigenvalue weighted by Gasteiger charge is -2.37. The molecule has 3 aromatic carbocycles. The Hall–Kier alpha value is -4.53. The Morgan fingerprint density at radius 3 is 2.15 bits per heavy atom. The number of carbonyl (C=O) groups excluding carboxylic acids is 3. The summed E-state index contributed by atoms with van der Waals surface area (Å²) in [6.07, 6.45) is -0.704. The van der Waals surface area contributed by atoms with E-state index in [1.807, 2.05) is 19.1 Å². The summed E-state index contributed by atoms with van der Waals surface area (Å²) in [5, 5.41) is 25.6. The Morgan fingerprint density at radius 1 is 0.902 bits per heavy atom.